The van der Waals surface area contributed by atoms with E-state index in [4.69, 9.17) is 6.42 Å². The van der Waals surface area contributed by atoms with E-state index in [9.17, 15) is 9.59 Å². The van der Waals surface area contributed by atoms with Crippen molar-refractivity contribution in [2.24, 2.45) is 5.41 Å². The Kier molecular flexibility index (Phi) is 2.32. The minimum atomic E-state index is -0.811. The quantitative estimate of drug-likeness (QED) is 0.456. The summed E-state index contributed by atoms with van der Waals surface area (Å²) in [4.78, 5) is 22.8. The van der Waals surface area contributed by atoms with E-state index in [1.807, 2.05) is 6.92 Å². The molecule has 1 rings (SSSR count). The Morgan fingerprint density at radius 1 is 1.42 bits per heavy atom. The second-order valence-corrected chi connectivity index (χ2v) is 3.16. The van der Waals surface area contributed by atoms with Gasteiger partial charge in [-0.3, -0.25) is 9.59 Å². The lowest BCUT2D eigenvalue weighted by Gasteiger charge is -2.20. The van der Waals surface area contributed by atoms with Gasteiger partial charge in [0.1, 0.15) is 11.6 Å². The number of hydrogen-bond donors (Lipinski definition) is 0. The summed E-state index contributed by atoms with van der Waals surface area (Å²) in [5.41, 5.74) is -0.811. The highest BCUT2D eigenvalue weighted by Crippen LogP contribution is 2.37. The molecule has 0 radical (unpaired) electrons. The number of terminal acetylenes is 1. The van der Waals surface area contributed by atoms with E-state index in [0.717, 1.165) is 0 Å². The molecule has 0 aliphatic heterocycles. The Labute approximate surface area is 72.3 Å². The summed E-state index contributed by atoms with van der Waals surface area (Å²) < 4.78 is 0. The van der Waals surface area contributed by atoms with E-state index in [1.54, 1.807) is 0 Å². The van der Waals surface area contributed by atoms with E-state index in [0.29, 0.717) is 19.3 Å². The predicted molar refractivity (Wildman–Crippen MR) is 45.4 cm³/mol. The number of carbonyl (C=O) groups excluding carboxylic acids is 2. The zero-order valence-corrected chi connectivity index (χ0v) is 7.22. The highest BCUT2D eigenvalue weighted by molar-refractivity contribution is 6.13. The van der Waals surface area contributed by atoms with Crippen molar-refractivity contribution in [3.8, 4) is 12.3 Å². The molecule has 0 atom stereocenters. The molecule has 0 aromatic carbocycles. The van der Waals surface area contributed by atoms with Crippen LogP contribution in [-0.2, 0) is 9.59 Å². The zero-order chi connectivity index (χ0) is 9.19. The molecule has 0 bridgehead atoms. The molecule has 1 saturated carbocycles. The van der Waals surface area contributed by atoms with Crippen molar-refractivity contribution in [2.75, 3.05) is 0 Å². The highest BCUT2D eigenvalue weighted by atomic mass is 16.2. The minimum absolute atomic E-state index is 0.0351. The Balaban J connectivity index is 2.97. The lowest BCUT2D eigenvalue weighted by atomic mass is 9.79. The van der Waals surface area contributed by atoms with Crippen molar-refractivity contribution >= 4 is 11.6 Å². The Hall–Kier alpha value is -1.10. The molecule has 0 heterocycles. The van der Waals surface area contributed by atoms with E-state index < -0.39 is 5.41 Å². The van der Waals surface area contributed by atoms with Gasteiger partial charge in [0, 0.05) is 19.3 Å². The van der Waals surface area contributed by atoms with Gasteiger partial charge < -0.3 is 0 Å². The van der Waals surface area contributed by atoms with Crippen LogP contribution < -0.4 is 0 Å². The van der Waals surface area contributed by atoms with E-state index in [2.05, 4.69) is 5.92 Å². The summed E-state index contributed by atoms with van der Waals surface area (Å²) in [5, 5.41) is 0. The normalized spacial score (nSPS) is 21.0. The third kappa shape index (κ3) is 1.06. The largest absolute Gasteiger partial charge is 0.299 e. The Morgan fingerprint density at radius 2 is 1.92 bits per heavy atom. The molecule has 1 aliphatic rings. The Bertz CT molecular complexity index is 242. The Morgan fingerprint density at radius 3 is 2.25 bits per heavy atom. The molecule has 0 unspecified atom stereocenters. The smallest absolute Gasteiger partial charge is 0.147 e. The van der Waals surface area contributed by atoms with Gasteiger partial charge >= 0.3 is 0 Å². The maximum atomic E-state index is 11.4. The van der Waals surface area contributed by atoms with Crippen LogP contribution in [0, 0.1) is 17.8 Å². The monoisotopic (exact) mass is 164 g/mol. The van der Waals surface area contributed by atoms with Gasteiger partial charge in [0.25, 0.3) is 0 Å². The SMILES string of the molecule is C#CCC1(CC)C(=O)CCC1=O. The van der Waals surface area contributed by atoms with Crippen LogP contribution in [0.2, 0.25) is 0 Å². The molecule has 2 heteroatoms. The fraction of sp³-hybridized carbons (Fsp3) is 0.600. The standard InChI is InChI=1S/C10H12O2/c1-3-7-10(4-2)8(11)5-6-9(10)12/h1H,4-7H2,2H3. The number of ketones is 2. The van der Waals surface area contributed by atoms with Crippen molar-refractivity contribution in [1.82, 2.24) is 0 Å². The molecule has 0 aromatic heterocycles. The van der Waals surface area contributed by atoms with Crippen LogP contribution in [0.25, 0.3) is 0 Å². The van der Waals surface area contributed by atoms with Crippen LogP contribution >= 0.6 is 0 Å². The number of carbonyl (C=O) groups is 2. The maximum Gasteiger partial charge on any atom is 0.147 e. The molecule has 2 nitrogen and oxygen atoms in total. The lowest BCUT2D eigenvalue weighted by Crippen LogP contribution is -2.31. The molecule has 1 fully saturated rings. The third-order valence-corrected chi connectivity index (χ3v) is 2.65. The summed E-state index contributed by atoms with van der Waals surface area (Å²) in [5.74, 6) is 2.49. The second-order valence-electron chi connectivity index (χ2n) is 3.16. The summed E-state index contributed by atoms with van der Waals surface area (Å²) in [7, 11) is 0. The fourth-order valence-corrected chi connectivity index (χ4v) is 1.75. The predicted octanol–water partition coefficient (Wildman–Crippen LogP) is 1.34. The van der Waals surface area contributed by atoms with Crippen LogP contribution in [0.5, 0.6) is 0 Å². The molecule has 0 amide bonds. The molecule has 0 saturated heterocycles. The van der Waals surface area contributed by atoms with Gasteiger partial charge in [-0.1, -0.05) is 6.92 Å². The van der Waals surface area contributed by atoms with Crippen molar-refractivity contribution in [3.05, 3.63) is 0 Å². The fourth-order valence-electron chi connectivity index (χ4n) is 1.75. The van der Waals surface area contributed by atoms with E-state index in [1.165, 1.54) is 0 Å². The average Bonchev–Trinajstić information content (AvgIpc) is 2.33. The first-order chi connectivity index (χ1) is 5.67. The summed E-state index contributed by atoms with van der Waals surface area (Å²) >= 11 is 0. The van der Waals surface area contributed by atoms with Crippen molar-refractivity contribution in [2.45, 2.75) is 32.6 Å². The molecule has 64 valence electrons. The number of rotatable bonds is 2. The molecule has 0 aromatic rings. The molecular formula is C10H12O2. The van der Waals surface area contributed by atoms with Crippen LogP contribution in [0.3, 0.4) is 0 Å². The van der Waals surface area contributed by atoms with Gasteiger partial charge in [-0.2, -0.15) is 0 Å². The van der Waals surface area contributed by atoms with Crippen LogP contribution in [0.4, 0.5) is 0 Å². The summed E-state index contributed by atoms with van der Waals surface area (Å²) in [6.07, 6.45) is 6.74. The zero-order valence-electron chi connectivity index (χ0n) is 7.22. The molecular weight excluding hydrogens is 152 g/mol. The van der Waals surface area contributed by atoms with Crippen molar-refractivity contribution in [3.63, 3.8) is 0 Å². The average molecular weight is 164 g/mol. The van der Waals surface area contributed by atoms with Gasteiger partial charge in [0.2, 0.25) is 0 Å². The highest BCUT2D eigenvalue weighted by Gasteiger charge is 2.46. The number of Topliss-reactive ketones (excluding diaryl/α,β-unsaturated/α-hetero) is 2. The first-order valence-corrected chi connectivity index (χ1v) is 4.17. The van der Waals surface area contributed by atoms with Crippen LogP contribution in [0.1, 0.15) is 32.6 Å². The van der Waals surface area contributed by atoms with E-state index in [-0.39, 0.29) is 18.0 Å². The molecule has 1 aliphatic carbocycles. The maximum absolute atomic E-state index is 11.4. The van der Waals surface area contributed by atoms with Crippen molar-refractivity contribution in [1.29, 1.82) is 0 Å². The molecule has 0 N–H and O–H groups in total. The minimum Gasteiger partial charge on any atom is -0.299 e. The number of hydrogen-bond acceptors (Lipinski definition) is 2. The summed E-state index contributed by atoms with van der Waals surface area (Å²) in [6, 6.07) is 0. The molecule has 12 heavy (non-hydrogen) atoms. The second kappa shape index (κ2) is 3.10. The van der Waals surface area contributed by atoms with Gasteiger partial charge in [0.05, 0.1) is 5.41 Å². The van der Waals surface area contributed by atoms with Gasteiger partial charge in [0.15, 0.2) is 0 Å². The van der Waals surface area contributed by atoms with Crippen LogP contribution in [0.15, 0.2) is 0 Å². The summed E-state index contributed by atoms with van der Waals surface area (Å²) in [6.45, 7) is 1.85. The van der Waals surface area contributed by atoms with Gasteiger partial charge in [-0.25, -0.2) is 0 Å². The van der Waals surface area contributed by atoms with E-state index >= 15 is 0 Å². The lowest BCUT2D eigenvalue weighted by molar-refractivity contribution is -0.134. The van der Waals surface area contributed by atoms with Crippen molar-refractivity contribution < 1.29 is 9.59 Å². The molecule has 0 spiro atoms. The van der Waals surface area contributed by atoms with Crippen LogP contribution in [-0.4, -0.2) is 11.6 Å². The van der Waals surface area contributed by atoms with Gasteiger partial charge in [-0.05, 0) is 6.42 Å². The topological polar surface area (TPSA) is 34.1 Å². The van der Waals surface area contributed by atoms with Gasteiger partial charge in [-0.15, -0.1) is 12.3 Å². The first kappa shape index (κ1) is 8.99. The first-order valence-electron chi connectivity index (χ1n) is 4.17. The third-order valence-electron chi connectivity index (χ3n) is 2.65.